The van der Waals surface area contributed by atoms with Gasteiger partial charge in [0.25, 0.3) is 0 Å². The largest absolute Gasteiger partial charge is 0.493 e. The Morgan fingerprint density at radius 1 is 1.15 bits per heavy atom. The molecule has 39 heavy (non-hydrogen) atoms. The Bertz CT molecular complexity index is 1000. The fourth-order valence-electron chi connectivity index (χ4n) is 6.49. The van der Waals surface area contributed by atoms with E-state index in [1.165, 1.54) is 0 Å². The Morgan fingerprint density at radius 3 is 2.69 bits per heavy atom. The molecule has 3 heterocycles. The number of carbonyl (C=O) groups excluding carboxylic acids is 2. The van der Waals surface area contributed by atoms with Crippen molar-refractivity contribution in [1.29, 1.82) is 0 Å². The fourth-order valence-corrected chi connectivity index (χ4v) is 6.49. The SMILES string of the molecule is CCCCN(CCCCN)C(=O)CN1CC(c2ccc3c(c2)CCO3)C(C(=O)O)C1CCCN1CCCC1=O. The van der Waals surface area contributed by atoms with E-state index in [-0.39, 0.29) is 30.3 Å². The third kappa shape index (κ3) is 7.31. The summed E-state index contributed by atoms with van der Waals surface area (Å²) in [4.78, 5) is 44.4. The lowest BCUT2D eigenvalue weighted by atomic mass is 9.83. The number of benzene rings is 1. The zero-order chi connectivity index (χ0) is 27.8. The van der Waals surface area contributed by atoms with E-state index in [2.05, 4.69) is 17.9 Å². The minimum Gasteiger partial charge on any atom is -0.493 e. The lowest BCUT2D eigenvalue weighted by Gasteiger charge is -2.30. The lowest BCUT2D eigenvalue weighted by Crippen LogP contribution is -2.45. The molecule has 0 aliphatic carbocycles. The first kappa shape index (κ1) is 29.3. The molecule has 0 aromatic heterocycles. The highest BCUT2D eigenvalue weighted by molar-refractivity contribution is 5.79. The Morgan fingerprint density at radius 2 is 1.97 bits per heavy atom. The van der Waals surface area contributed by atoms with Gasteiger partial charge in [0.2, 0.25) is 11.8 Å². The Labute approximate surface area is 232 Å². The summed E-state index contributed by atoms with van der Waals surface area (Å²) in [5.41, 5.74) is 7.82. The molecule has 1 aromatic rings. The molecule has 4 rings (SSSR count). The van der Waals surface area contributed by atoms with Gasteiger partial charge < -0.3 is 25.4 Å². The van der Waals surface area contributed by atoms with Crippen molar-refractivity contribution in [2.24, 2.45) is 11.7 Å². The van der Waals surface area contributed by atoms with E-state index < -0.39 is 11.9 Å². The smallest absolute Gasteiger partial charge is 0.308 e. The number of nitrogens with zero attached hydrogens (tertiary/aromatic N) is 3. The minimum absolute atomic E-state index is 0.0623. The predicted molar refractivity (Wildman–Crippen MR) is 150 cm³/mol. The van der Waals surface area contributed by atoms with Crippen molar-refractivity contribution in [2.45, 2.75) is 76.7 Å². The van der Waals surface area contributed by atoms with Gasteiger partial charge in [-0.25, -0.2) is 0 Å². The molecule has 2 saturated heterocycles. The number of fused-ring (bicyclic) bond motifs is 1. The highest BCUT2D eigenvalue weighted by atomic mass is 16.5. The summed E-state index contributed by atoms with van der Waals surface area (Å²) in [6.07, 6.45) is 7.39. The second-order valence-corrected chi connectivity index (χ2v) is 11.3. The van der Waals surface area contributed by atoms with E-state index in [1.807, 2.05) is 21.9 Å². The number of nitrogens with two attached hydrogens (primary N) is 1. The van der Waals surface area contributed by atoms with Crippen LogP contribution in [0.3, 0.4) is 0 Å². The minimum atomic E-state index is -0.820. The van der Waals surface area contributed by atoms with Gasteiger partial charge in [0, 0.05) is 57.5 Å². The number of unbranched alkanes of at least 4 members (excludes halogenated alkanes) is 2. The molecule has 216 valence electrons. The molecule has 3 atom stereocenters. The quantitative estimate of drug-likeness (QED) is 0.327. The molecule has 1 aromatic carbocycles. The second kappa shape index (κ2) is 14.1. The summed E-state index contributed by atoms with van der Waals surface area (Å²) < 4.78 is 5.68. The summed E-state index contributed by atoms with van der Waals surface area (Å²) in [6.45, 7) is 6.95. The van der Waals surface area contributed by atoms with Gasteiger partial charge in [0.1, 0.15) is 5.75 Å². The Kier molecular flexibility index (Phi) is 10.6. The van der Waals surface area contributed by atoms with Gasteiger partial charge in [-0.05, 0) is 62.3 Å². The van der Waals surface area contributed by atoms with Crippen LogP contribution >= 0.6 is 0 Å². The number of carboxylic acids is 1. The summed E-state index contributed by atoms with van der Waals surface area (Å²) in [7, 11) is 0. The number of hydrogen-bond acceptors (Lipinski definition) is 6. The maximum atomic E-state index is 13.6. The van der Waals surface area contributed by atoms with Crippen molar-refractivity contribution in [1.82, 2.24) is 14.7 Å². The van der Waals surface area contributed by atoms with Crippen LogP contribution in [0.2, 0.25) is 0 Å². The highest BCUT2D eigenvalue weighted by Crippen LogP contribution is 2.41. The van der Waals surface area contributed by atoms with Gasteiger partial charge in [-0.15, -0.1) is 0 Å². The van der Waals surface area contributed by atoms with Gasteiger partial charge in [0.15, 0.2) is 0 Å². The Hall–Kier alpha value is -2.65. The van der Waals surface area contributed by atoms with Crippen LogP contribution in [0.1, 0.15) is 75.3 Å². The third-order valence-corrected chi connectivity index (χ3v) is 8.63. The summed E-state index contributed by atoms with van der Waals surface area (Å²) >= 11 is 0. The monoisotopic (exact) mass is 542 g/mol. The number of aliphatic carboxylic acids is 1. The van der Waals surface area contributed by atoms with Crippen molar-refractivity contribution < 1.29 is 24.2 Å². The average molecular weight is 543 g/mol. The van der Waals surface area contributed by atoms with Crippen LogP contribution in [0.4, 0.5) is 0 Å². The van der Waals surface area contributed by atoms with Crippen molar-refractivity contribution in [3.8, 4) is 5.75 Å². The van der Waals surface area contributed by atoms with Crippen molar-refractivity contribution in [3.05, 3.63) is 29.3 Å². The lowest BCUT2D eigenvalue weighted by molar-refractivity contribution is -0.144. The van der Waals surface area contributed by atoms with Gasteiger partial charge in [-0.3, -0.25) is 19.3 Å². The molecule has 0 spiro atoms. The normalized spacial score (nSPS) is 22.8. The molecule has 0 bridgehead atoms. The molecule has 3 aliphatic heterocycles. The molecule has 9 nitrogen and oxygen atoms in total. The van der Waals surface area contributed by atoms with E-state index in [9.17, 15) is 19.5 Å². The maximum Gasteiger partial charge on any atom is 0.308 e. The maximum absolute atomic E-state index is 13.6. The zero-order valence-electron chi connectivity index (χ0n) is 23.5. The summed E-state index contributed by atoms with van der Waals surface area (Å²) in [5.74, 6) is -0.515. The van der Waals surface area contributed by atoms with E-state index in [4.69, 9.17) is 10.5 Å². The molecule has 3 unspecified atom stereocenters. The number of rotatable bonds is 15. The van der Waals surface area contributed by atoms with Crippen LogP contribution in [0.15, 0.2) is 18.2 Å². The first-order chi connectivity index (χ1) is 18.9. The molecule has 2 amide bonds. The van der Waals surface area contributed by atoms with Gasteiger partial charge >= 0.3 is 5.97 Å². The molecule has 9 heteroatoms. The van der Waals surface area contributed by atoms with Crippen molar-refractivity contribution in [2.75, 3.05) is 52.4 Å². The zero-order valence-corrected chi connectivity index (χ0v) is 23.5. The van der Waals surface area contributed by atoms with E-state index in [1.54, 1.807) is 0 Å². The van der Waals surface area contributed by atoms with E-state index in [0.717, 1.165) is 68.4 Å². The van der Waals surface area contributed by atoms with Crippen molar-refractivity contribution in [3.63, 3.8) is 0 Å². The van der Waals surface area contributed by atoms with Crippen LogP contribution in [0.25, 0.3) is 0 Å². The topological polar surface area (TPSA) is 116 Å². The number of carbonyl (C=O) groups is 3. The number of amides is 2. The summed E-state index contributed by atoms with van der Waals surface area (Å²) in [5, 5.41) is 10.5. The molecular weight excluding hydrogens is 496 g/mol. The van der Waals surface area contributed by atoms with Crippen LogP contribution < -0.4 is 10.5 Å². The standard InChI is InChI=1S/C30H46N4O5/c1-2-3-14-33(15-5-4-13-31)28(36)21-34-20-24(22-10-11-26-23(19-22)12-18-39-26)29(30(37)38)25(34)8-6-16-32-17-7-9-27(32)35/h10-11,19,24-25,29H,2-9,12-18,20-21,31H2,1H3,(H,37,38). The molecule has 2 fully saturated rings. The number of carboxylic acid groups (broad SMARTS) is 1. The van der Waals surface area contributed by atoms with Crippen molar-refractivity contribution >= 4 is 17.8 Å². The Balaban J connectivity index is 1.53. The first-order valence-corrected chi connectivity index (χ1v) is 14.9. The molecule has 3 aliphatic rings. The predicted octanol–water partition coefficient (Wildman–Crippen LogP) is 2.86. The van der Waals surface area contributed by atoms with E-state index >= 15 is 0 Å². The first-order valence-electron chi connectivity index (χ1n) is 14.9. The second-order valence-electron chi connectivity index (χ2n) is 11.3. The molecular formula is C30H46N4O5. The van der Waals surface area contributed by atoms with Crippen LogP contribution in [0, 0.1) is 5.92 Å². The number of hydrogen-bond donors (Lipinski definition) is 2. The summed E-state index contributed by atoms with van der Waals surface area (Å²) in [6, 6.07) is 5.79. The van der Waals surface area contributed by atoms with Crippen LogP contribution in [0.5, 0.6) is 5.75 Å². The average Bonchev–Trinajstić information content (AvgIpc) is 3.64. The number of ether oxygens (including phenoxy) is 1. The molecule has 0 radical (unpaired) electrons. The van der Waals surface area contributed by atoms with Gasteiger partial charge in [0.05, 0.1) is 19.1 Å². The van der Waals surface area contributed by atoms with E-state index in [0.29, 0.717) is 52.2 Å². The third-order valence-electron chi connectivity index (χ3n) is 8.63. The fraction of sp³-hybridized carbons (Fsp3) is 0.700. The highest BCUT2D eigenvalue weighted by Gasteiger charge is 2.47. The van der Waals surface area contributed by atoms with Crippen LogP contribution in [-0.2, 0) is 20.8 Å². The van der Waals surface area contributed by atoms with Gasteiger partial charge in [-0.2, -0.15) is 0 Å². The van der Waals surface area contributed by atoms with Crippen LogP contribution in [-0.4, -0.2) is 96.1 Å². The van der Waals surface area contributed by atoms with Gasteiger partial charge in [-0.1, -0.05) is 25.5 Å². The molecule has 3 N–H and O–H groups in total. The molecule has 0 saturated carbocycles. The number of likely N-dealkylation sites (tertiary alicyclic amines) is 2.